The highest BCUT2D eigenvalue weighted by molar-refractivity contribution is 7.89. The molecule has 1 aromatic carbocycles. The molecule has 9 heteroatoms. The largest absolute Gasteiger partial charge is 0.321 e. The Labute approximate surface area is 157 Å². The van der Waals surface area contributed by atoms with E-state index < -0.39 is 15.9 Å². The van der Waals surface area contributed by atoms with E-state index in [1.807, 2.05) is 13.8 Å². The van der Waals surface area contributed by atoms with E-state index in [-0.39, 0.29) is 23.0 Å². The van der Waals surface area contributed by atoms with E-state index in [9.17, 15) is 13.2 Å². The second-order valence-electron chi connectivity index (χ2n) is 6.30. The zero-order valence-corrected chi connectivity index (χ0v) is 16.1. The lowest BCUT2D eigenvalue weighted by molar-refractivity contribution is 0.102. The van der Waals surface area contributed by atoms with E-state index >= 15 is 0 Å². The maximum absolute atomic E-state index is 12.5. The van der Waals surface area contributed by atoms with Crippen LogP contribution in [-0.4, -0.2) is 35.6 Å². The van der Waals surface area contributed by atoms with Gasteiger partial charge < -0.3 is 5.32 Å². The summed E-state index contributed by atoms with van der Waals surface area (Å²) in [6.07, 6.45) is 3.25. The number of carbonyl (C=O) groups excluding carboxylic acids is 1. The number of amides is 1. The summed E-state index contributed by atoms with van der Waals surface area (Å²) in [7, 11) is -3.63. The first-order valence-corrected chi connectivity index (χ1v) is 10.0. The number of hydrogen-bond donors (Lipinski definition) is 2. The van der Waals surface area contributed by atoms with Gasteiger partial charge in [0.25, 0.3) is 5.91 Å². The summed E-state index contributed by atoms with van der Waals surface area (Å²) < 4.78 is 28.4. The van der Waals surface area contributed by atoms with Crippen LogP contribution in [-0.2, 0) is 10.0 Å². The predicted octanol–water partition coefficient (Wildman–Crippen LogP) is 2.56. The fourth-order valence-corrected chi connectivity index (χ4v) is 3.75. The molecule has 0 atom stereocenters. The molecular formula is C18H21N5O3S. The van der Waals surface area contributed by atoms with Gasteiger partial charge in [0.05, 0.1) is 23.0 Å². The van der Waals surface area contributed by atoms with Crippen LogP contribution in [0.25, 0.3) is 11.0 Å². The molecule has 3 rings (SSSR count). The van der Waals surface area contributed by atoms with Gasteiger partial charge in [-0.2, -0.15) is 5.10 Å². The van der Waals surface area contributed by atoms with Gasteiger partial charge in [0.1, 0.15) is 0 Å². The maximum Gasteiger partial charge on any atom is 0.255 e. The Kier molecular flexibility index (Phi) is 5.24. The third-order valence-electron chi connectivity index (χ3n) is 3.92. The number of sulfonamides is 1. The Morgan fingerprint density at radius 3 is 2.70 bits per heavy atom. The number of pyridine rings is 1. The Morgan fingerprint density at radius 2 is 2.00 bits per heavy atom. The standard InChI is InChI=1S/C18H21N5O3S/c1-4-21-27(25,26)16-7-5-6-13(9-16)18(24)22-15-8-14-10-20-23(12(2)3)17(14)19-11-15/h5-12,21H,4H2,1-3H3,(H,22,24). The van der Waals surface area contributed by atoms with E-state index in [2.05, 4.69) is 20.1 Å². The van der Waals surface area contributed by atoms with Gasteiger partial charge in [-0.1, -0.05) is 13.0 Å². The van der Waals surface area contributed by atoms with Crippen molar-refractivity contribution in [2.24, 2.45) is 0 Å². The monoisotopic (exact) mass is 387 g/mol. The van der Waals surface area contributed by atoms with Gasteiger partial charge in [-0.15, -0.1) is 0 Å². The molecule has 2 N–H and O–H groups in total. The lowest BCUT2D eigenvalue weighted by atomic mass is 10.2. The van der Waals surface area contributed by atoms with Crippen LogP contribution in [0.5, 0.6) is 0 Å². The van der Waals surface area contributed by atoms with Crippen LogP contribution in [0.1, 0.15) is 37.2 Å². The summed E-state index contributed by atoms with van der Waals surface area (Å²) in [5.74, 6) is -0.416. The van der Waals surface area contributed by atoms with Crippen molar-refractivity contribution in [1.29, 1.82) is 0 Å². The van der Waals surface area contributed by atoms with E-state index in [1.54, 1.807) is 36.1 Å². The fourth-order valence-electron chi connectivity index (χ4n) is 2.67. The molecule has 1 amide bonds. The number of benzene rings is 1. The highest BCUT2D eigenvalue weighted by Gasteiger charge is 2.16. The van der Waals surface area contributed by atoms with Gasteiger partial charge in [0, 0.05) is 23.5 Å². The van der Waals surface area contributed by atoms with Gasteiger partial charge in [-0.25, -0.2) is 22.8 Å². The summed E-state index contributed by atoms with van der Waals surface area (Å²) in [6, 6.07) is 7.84. The number of fused-ring (bicyclic) bond motifs is 1. The zero-order chi connectivity index (χ0) is 19.6. The summed E-state index contributed by atoms with van der Waals surface area (Å²) in [6.45, 7) is 5.99. The smallest absolute Gasteiger partial charge is 0.255 e. The minimum atomic E-state index is -3.63. The van der Waals surface area contributed by atoms with Crippen molar-refractivity contribution in [3.05, 3.63) is 48.3 Å². The molecule has 0 aliphatic rings. The molecule has 0 aliphatic heterocycles. The van der Waals surface area contributed by atoms with Crippen molar-refractivity contribution < 1.29 is 13.2 Å². The van der Waals surface area contributed by atoms with E-state index in [1.165, 1.54) is 18.2 Å². The molecule has 0 unspecified atom stereocenters. The molecular weight excluding hydrogens is 366 g/mol. The Morgan fingerprint density at radius 1 is 1.22 bits per heavy atom. The average Bonchev–Trinajstić information content (AvgIpc) is 3.05. The molecule has 0 spiro atoms. The lowest BCUT2D eigenvalue weighted by Gasteiger charge is -2.09. The van der Waals surface area contributed by atoms with Crippen LogP contribution in [0.2, 0.25) is 0 Å². The van der Waals surface area contributed by atoms with Crippen LogP contribution < -0.4 is 10.0 Å². The van der Waals surface area contributed by atoms with Crippen molar-refractivity contribution in [3.63, 3.8) is 0 Å². The molecule has 8 nitrogen and oxygen atoms in total. The zero-order valence-electron chi connectivity index (χ0n) is 15.3. The highest BCUT2D eigenvalue weighted by atomic mass is 32.2. The second-order valence-corrected chi connectivity index (χ2v) is 8.07. The molecule has 2 heterocycles. The minimum Gasteiger partial charge on any atom is -0.321 e. The lowest BCUT2D eigenvalue weighted by Crippen LogP contribution is -2.23. The summed E-state index contributed by atoms with van der Waals surface area (Å²) in [4.78, 5) is 16.9. The number of aromatic nitrogens is 3. The molecule has 0 radical (unpaired) electrons. The first-order valence-electron chi connectivity index (χ1n) is 8.56. The molecule has 0 saturated carbocycles. The average molecular weight is 387 g/mol. The number of anilines is 1. The van der Waals surface area contributed by atoms with Crippen molar-refractivity contribution in [3.8, 4) is 0 Å². The van der Waals surface area contributed by atoms with Crippen molar-refractivity contribution in [2.75, 3.05) is 11.9 Å². The van der Waals surface area contributed by atoms with Crippen LogP contribution in [0.4, 0.5) is 5.69 Å². The Bertz CT molecular complexity index is 1090. The topological polar surface area (TPSA) is 106 Å². The number of nitrogens with one attached hydrogen (secondary N) is 2. The van der Waals surface area contributed by atoms with Crippen LogP contribution in [0.3, 0.4) is 0 Å². The number of carbonyl (C=O) groups is 1. The quantitative estimate of drug-likeness (QED) is 0.676. The molecule has 0 aliphatic carbocycles. The van der Waals surface area contributed by atoms with Gasteiger partial charge in [-0.05, 0) is 38.1 Å². The summed E-state index contributed by atoms with van der Waals surface area (Å²) >= 11 is 0. The van der Waals surface area contributed by atoms with Gasteiger partial charge in [-0.3, -0.25) is 4.79 Å². The van der Waals surface area contributed by atoms with Crippen molar-refractivity contribution in [2.45, 2.75) is 31.7 Å². The third-order valence-corrected chi connectivity index (χ3v) is 5.46. The molecule has 3 aromatic rings. The second kappa shape index (κ2) is 7.45. The Hall–Kier alpha value is -2.78. The van der Waals surface area contributed by atoms with E-state index in [0.717, 1.165) is 11.0 Å². The third kappa shape index (κ3) is 3.99. The number of rotatable bonds is 6. The SMILES string of the molecule is CCNS(=O)(=O)c1cccc(C(=O)Nc2cnc3c(cnn3C(C)C)c2)c1. The molecule has 0 bridgehead atoms. The highest BCUT2D eigenvalue weighted by Crippen LogP contribution is 2.20. The van der Waals surface area contributed by atoms with Gasteiger partial charge in [0.2, 0.25) is 10.0 Å². The molecule has 0 fully saturated rings. The predicted molar refractivity (Wildman–Crippen MR) is 103 cm³/mol. The normalized spacial score (nSPS) is 11.9. The molecule has 2 aromatic heterocycles. The van der Waals surface area contributed by atoms with E-state index in [0.29, 0.717) is 5.69 Å². The molecule has 27 heavy (non-hydrogen) atoms. The molecule has 142 valence electrons. The van der Waals surface area contributed by atoms with Gasteiger partial charge >= 0.3 is 0 Å². The van der Waals surface area contributed by atoms with Crippen molar-refractivity contribution in [1.82, 2.24) is 19.5 Å². The number of nitrogens with zero attached hydrogens (tertiary/aromatic N) is 3. The Balaban J connectivity index is 1.84. The van der Waals surface area contributed by atoms with Crippen LogP contribution in [0, 0.1) is 0 Å². The summed E-state index contributed by atoms with van der Waals surface area (Å²) in [5, 5.41) is 7.85. The summed E-state index contributed by atoms with van der Waals surface area (Å²) in [5.41, 5.74) is 1.49. The van der Waals surface area contributed by atoms with Crippen LogP contribution in [0.15, 0.2) is 47.6 Å². The van der Waals surface area contributed by atoms with Crippen molar-refractivity contribution >= 4 is 32.7 Å². The van der Waals surface area contributed by atoms with Gasteiger partial charge in [0.15, 0.2) is 5.65 Å². The van der Waals surface area contributed by atoms with Crippen LogP contribution >= 0.6 is 0 Å². The first kappa shape index (κ1) is 19.0. The minimum absolute atomic E-state index is 0.0452. The maximum atomic E-state index is 12.5. The first-order chi connectivity index (χ1) is 12.8. The fraction of sp³-hybridized carbons (Fsp3) is 0.278. The number of hydrogen-bond acceptors (Lipinski definition) is 5. The molecule has 0 saturated heterocycles. The van der Waals surface area contributed by atoms with E-state index in [4.69, 9.17) is 0 Å².